The molecule has 0 saturated heterocycles. The second kappa shape index (κ2) is 12.4. The average molecular weight is 292 g/mol. The van der Waals surface area contributed by atoms with Crippen LogP contribution in [0.1, 0.15) is 2.85 Å². The van der Waals surface area contributed by atoms with Crippen molar-refractivity contribution < 1.29 is 57.8 Å². The van der Waals surface area contributed by atoms with E-state index in [1.54, 1.807) is 0 Å². The number of hydrogen-bond donors (Lipinski definition) is 4. The molecule has 0 aromatic rings. The van der Waals surface area contributed by atoms with Crippen LogP contribution in [0.25, 0.3) is 0 Å². The largest absolute Gasteiger partial charge is 2.00 e. The van der Waals surface area contributed by atoms with Crippen LogP contribution in [0, 0.1) is 0 Å². The predicted molar refractivity (Wildman–Crippen MR) is 47.6 cm³/mol. The van der Waals surface area contributed by atoms with Gasteiger partial charge in [-0.1, -0.05) is 0 Å². The summed E-state index contributed by atoms with van der Waals surface area (Å²) in [4.78, 5) is 31.0. The van der Waals surface area contributed by atoms with Gasteiger partial charge in [0.15, 0.2) is 0 Å². The molecule has 0 atom stereocenters. The van der Waals surface area contributed by atoms with E-state index in [9.17, 15) is 9.13 Å². The van der Waals surface area contributed by atoms with Crippen LogP contribution < -0.4 is 0 Å². The summed E-state index contributed by atoms with van der Waals surface area (Å²) >= 11 is 0. The van der Waals surface area contributed by atoms with Crippen molar-refractivity contribution in [3.05, 3.63) is 0 Å². The van der Waals surface area contributed by atoms with Gasteiger partial charge in [0.1, 0.15) is 0 Å². The maximum Gasteiger partial charge on any atom is 2.00 e. The summed E-state index contributed by atoms with van der Waals surface area (Å²) in [5, 5.41) is 0. The van der Waals surface area contributed by atoms with Crippen LogP contribution in [0.3, 0.4) is 0 Å². The topological polar surface area (TPSA) is 250 Å². The Labute approximate surface area is 111 Å². The third kappa shape index (κ3) is 37.7. The van der Waals surface area contributed by atoms with Gasteiger partial charge in [0.05, 0.1) is 0 Å². The number of rotatable bonds is 2. The molecule has 0 aromatic heterocycles. The summed E-state index contributed by atoms with van der Waals surface area (Å²) in [5.41, 5.74) is 0. The Morgan fingerprint density at radius 2 is 0.929 bits per heavy atom. The summed E-state index contributed by atoms with van der Waals surface area (Å²) in [7, 11) is -10.1. The van der Waals surface area contributed by atoms with Gasteiger partial charge in [0.2, 0.25) is 0 Å². The Morgan fingerprint density at radius 1 is 0.786 bits per heavy atom. The summed E-state index contributed by atoms with van der Waals surface area (Å²) in [6, 6.07) is 0. The molecule has 14 heteroatoms. The molecule has 0 spiro atoms. The predicted octanol–water partition coefficient (Wildman–Crippen LogP) is -4.27. The minimum absolute atomic E-state index is 0. The van der Waals surface area contributed by atoms with Crippen molar-refractivity contribution >= 4 is 53.4 Å². The summed E-state index contributed by atoms with van der Waals surface area (Å²) in [6.07, 6.45) is 0. The first-order valence-corrected chi connectivity index (χ1v) is 4.59. The van der Waals surface area contributed by atoms with Crippen LogP contribution in [-0.4, -0.2) is 79.2 Å². The summed E-state index contributed by atoms with van der Waals surface area (Å²) in [5.74, 6) is 0. The second-order valence-electron chi connectivity index (χ2n) is 1.06. The van der Waals surface area contributed by atoms with Gasteiger partial charge in [0, 0.05) is 0 Å². The Morgan fingerprint density at radius 3 is 0.929 bits per heavy atom. The van der Waals surface area contributed by atoms with Gasteiger partial charge in [-0.15, -0.1) is 0 Å². The van der Waals surface area contributed by atoms with Gasteiger partial charge in [0.25, 0.3) is 0 Å². The third-order valence-electron chi connectivity index (χ3n) is 0.213. The minimum Gasteiger partial charge on any atom is -1.00 e. The van der Waals surface area contributed by atoms with Crippen molar-refractivity contribution in [2.24, 2.45) is 0 Å². The molecule has 14 heavy (non-hydrogen) atoms. The molecule has 0 aliphatic carbocycles. The van der Waals surface area contributed by atoms with Crippen molar-refractivity contribution in [2.75, 3.05) is 0 Å². The molecular weight excluding hydrogens is 278 g/mol. The fourth-order valence-corrected chi connectivity index (χ4v) is 1.25. The van der Waals surface area contributed by atoms with E-state index in [2.05, 4.69) is 4.31 Å². The molecule has 92 valence electrons. The first kappa shape index (κ1) is 36.2. The standard InChI is InChI=1S/Ca.H4O7P2.4H2O.2H/c;1-8(2,3)7-9(4,5)6;;;;;;/h;(H2,1,2,3)(H2,4,5,6);4*1H2;;/q+2;;;;;;2*-1. The maximum absolute atomic E-state index is 9.63. The second-order valence-corrected chi connectivity index (χ2v) is 3.68. The van der Waals surface area contributed by atoms with E-state index in [-0.39, 0.29) is 62.5 Å². The Kier molecular flexibility index (Phi) is 32.1. The molecule has 0 unspecified atom stereocenters. The van der Waals surface area contributed by atoms with Crippen molar-refractivity contribution in [1.29, 1.82) is 0 Å². The van der Waals surface area contributed by atoms with Gasteiger partial charge in [-0.3, -0.25) is 0 Å². The summed E-state index contributed by atoms with van der Waals surface area (Å²) < 4.78 is 22.2. The van der Waals surface area contributed by atoms with E-state index < -0.39 is 15.6 Å². The van der Waals surface area contributed by atoms with Crippen molar-refractivity contribution in [2.45, 2.75) is 0 Å². The van der Waals surface area contributed by atoms with Gasteiger partial charge < -0.3 is 44.3 Å². The zero-order valence-corrected chi connectivity index (χ0v) is 10.6. The van der Waals surface area contributed by atoms with Crippen LogP contribution in [-0.2, 0) is 13.4 Å². The molecule has 0 radical (unpaired) electrons. The molecule has 0 aliphatic rings. The fraction of sp³-hybridized carbons (Fsp3) is 0. The zero-order chi connectivity index (χ0) is 7.71. The Hall–Kier alpha value is 1.36. The molecule has 0 heterocycles. The minimum atomic E-state index is -5.05. The van der Waals surface area contributed by atoms with Crippen LogP contribution in [0.5, 0.6) is 0 Å². The molecule has 0 aliphatic heterocycles. The summed E-state index contributed by atoms with van der Waals surface area (Å²) in [6.45, 7) is 0. The zero-order valence-electron chi connectivity index (χ0n) is 8.62. The molecule has 12 N–H and O–H groups in total. The van der Waals surface area contributed by atoms with Gasteiger partial charge in [-0.05, 0) is 0 Å². The van der Waals surface area contributed by atoms with Crippen molar-refractivity contribution in [3.8, 4) is 0 Å². The molecule has 0 bridgehead atoms. The number of phosphoric acid groups is 2. The average Bonchev–Trinajstić information content (AvgIpc) is 1.14. The Balaban J connectivity index is -0.0000000152. The van der Waals surface area contributed by atoms with Gasteiger partial charge >= 0.3 is 53.4 Å². The molecule has 0 saturated carbocycles. The van der Waals surface area contributed by atoms with Crippen LogP contribution >= 0.6 is 15.6 Å². The third-order valence-corrected chi connectivity index (χ3v) is 1.91. The normalized spacial score (nSPS) is 8.86. The quantitative estimate of drug-likeness (QED) is 0.287. The molecule has 0 rings (SSSR count). The van der Waals surface area contributed by atoms with Crippen LogP contribution in [0.15, 0.2) is 0 Å². The fourth-order valence-electron chi connectivity index (χ4n) is 0.139. The monoisotopic (exact) mass is 292 g/mol. The van der Waals surface area contributed by atoms with Gasteiger partial charge in [-0.2, -0.15) is 4.31 Å². The Bertz CT molecular complexity index is 162. The van der Waals surface area contributed by atoms with E-state index in [1.165, 1.54) is 0 Å². The smallest absolute Gasteiger partial charge is 1.00 e. The number of hydrogen-bond acceptors (Lipinski definition) is 3. The SMILES string of the molecule is O.O.O.O.O=P(O)(O)OP(=O)(O)O.[Ca+2].[H-].[H-]. The van der Waals surface area contributed by atoms with E-state index in [1.807, 2.05) is 0 Å². The maximum atomic E-state index is 9.63. The van der Waals surface area contributed by atoms with Gasteiger partial charge in [-0.25, -0.2) is 9.13 Å². The van der Waals surface area contributed by atoms with E-state index >= 15 is 0 Å². The first-order chi connectivity index (χ1) is 3.71. The van der Waals surface area contributed by atoms with Crippen molar-refractivity contribution in [3.63, 3.8) is 0 Å². The molecule has 0 amide bonds. The molecular formula is H14CaO11P2. The molecule has 0 fully saturated rings. The van der Waals surface area contributed by atoms with E-state index in [0.717, 1.165) is 0 Å². The van der Waals surface area contributed by atoms with Crippen molar-refractivity contribution in [1.82, 2.24) is 0 Å². The first-order valence-electron chi connectivity index (χ1n) is 1.53. The van der Waals surface area contributed by atoms with E-state index in [0.29, 0.717) is 0 Å². The molecule has 0 aromatic carbocycles. The van der Waals surface area contributed by atoms with Crippen LogP contribution in [0.2, 0.25) is 0 Å². The van der Waals surface area contributed by atoms with Crippen LogP contribution in [0.4, 0.5) is 0 Å². The van der Waals surface area contributed by atoms with E-state index in [4.69, 9.17) is 19.6 Å². The molecule has 11 nitrogen and oxygen atoms in total.